The van der Waals surface area contributed by atoms with E-state index in [0.29, 0.717) is 0 Å². The molecule has 0 aliphatic heterocycles. The summed E-state index contributed by atoms with van der Waals surface area (Å²) in [4.78, 5) is 0. The van der Waals surface area contributed by atoms with E-state index in [-0.39, 0.29) is 6.10 Å². The van der Waals surface area contributed by atoms with Gasteiger partial charge in [-0.2, -0.15) is 0 Å². The van der Waals surface area contributed by atoms with Crippen LogP contribution >= 0.6 is 0 Å². The van der Waals surface area contributed by atoms with Crippen molar-refractivity contribution in [2.45, 2.75) is 44.6 Å². The molecular weight excluding hydrogens is 148 g/mol. The Labute approximate surface area is 75.8 Å². The fourth-order valence-electron chi connectivity index (χ4n) is 1.16. The Hall–Kier alpha value is -0.560. The summed E-state index contributed by atoms with van der Waals surface area (Å²) in [5.41, 5.74) is 0. The second-order valence-corrected chi connectivity index (χ2v) is 3.10. The molecule has 0 saturated carbocycles. The van der Waals surface area contributed by atoms with Crippen LogP contribution < -0.4 is 0 Å². The monoisotopic (exact) mass is 168 g/mol. The van der Waals surface area contributed by atoms with E-state index in [0.717, 1.165) is 25.7 Å². The third-order valence-corrected chi connectivity index (χ3v) is 1.88. The molecule has 0 heterocycles. The van der Waals surface area contributed by atoms with Crippen molar-refractivity contribution in [3.05, 3.63) is 25.3 Å². The quantitative estimate of drug-likeness (QED) is 0.436. The second-order valence-electron chi connectivity index (χ2n) is 3.10. The first kappa shape index (κ1) is 11.4. The molecule has 1 atom stereocenters. The summed E-state index contributed by atoms with van der Waals surface area (Å²) < 4.78 is 0. The lowest BCUT2D eigenvalue weighted by molar-refractivity contribution is 0.164. The Morgan fingerprint density at radius 1 is 1.08 bits per heavy atom. The molecule has 1 unspecified atom stereocenters. The molecule has 0 aromatic heterocycles. The van der Waals surface area contributed by atoms with Crippen LogP contribution in [0.4, 0.5) is 0 Å². The smallest absolute Gasteiger partial charge is 0.0574 e. The van der Waals surface area contributed by atoms with E-state index < -0.39 is 0 Å². The molecule has 0 aliphatic rings. The van der Waals surface area contributed by atoms with Gasteiger partial charge in [0.05, 0.1) is 6.10 Å². The lowest BCUT2D eigenvalue weighted by Crippen LogP contribution is -2.03. The molecule has 12 heavy (non-hydrogen) atoms. The average molecular weight is 168 g/mol. The molecule has 1 heteroatoms. The highest BCUT2D eigenvalue weighted by molar-refractivity contribution is 4.72. The van der Waals surface area contributed by atoms with Crippen LogP contribution in [0.2, 0.25) is 0 Å². The lowest BCUT2D eigenvalue weighted by atomic mass is 10.1. The molecule has 0 spiro atoms. The van der Waals surface area contributed by atoms with E-state index >= 15 is 0 Å². The van der Waals surface area contributed by atoms with Crippen LogP contribution in [0.1, 0.15) is 38.5 Å². The van der Waals surface area contributed by atoms with E-state index in [4.69, 9.17) is 0 Å². The van der Waals surface area contributed by atoms with Gasteiger partial charge in [0.2, 0.25) is 0 Å². The Balaban J connectivity index is 3.07. The first-order valence-corrected chi connectivity index (χ1v) is 4.71. The lowest BCUT2D eigenvalue weighted by Gasteiger charge is -2.06. The first-order valence-electron chi connectivity index (χ1n) is 4.71. The maximum Gasteiger partial charge on any atom is 0.0574 e. The fraction of sp³-hybridized carbons (Fsp3) is 0.636. The molecule has 0 amide bonds. The summed E-state index contributed by atoms with van der Waals surface area (Å²) in [6.45, 7) is 7.25. The number of aliphatic hydroxyl groups excluding tert-OH is 1. The Bertz CT molecular complexity index is 118. The molecule has 0 aliphatic carbocycles. The minimum absolute atomic E-state index is 0.175. The van der Waals surface area contributed by atoms with Gasteiger partial charge < -0.3 is 5.11 Å². The number of allylic oxidation sites excluding steroid dienone is 1. The molecule has 0 fully saturated rings. The molecular formula is C11H20O. The number of hydrogen-bond acceptors (Lipinski definition) is 1. The highest BCUT2D eigenvalue weighted by atomic mass is 16.3. The fourth-order valence-corrected chi connectivity index (χ4v) is 1.16. The van der Waals surface area contributed by atoms with Crippen molar-refractivity contribution in [3.63, 3.8) is 0 Å². The predicted octanol–water partition coefficient (Wildman–Crippen LogP) is 3.06. The maximum absolute atomic E-state index is 9.31. The van der Waals surface area contributed by atoms with Crippen LogP contribution in [0.5, 0.6) is 0 Å². The Morgan fingerprint density at radius 3 is 2.42 bits per heavy atom. The van der Waals surface area contributed by atoms with E-state index in [1.54, 1.807) is 6.08 Å². The summed E-state index contributed by atoms with van der Waals surface area (Å²) in [6.07, 6.45) is 9.77. The van der Waals surface area contributed by atoms with Crippen molar-refractivity contribution in [2.24, 2.45) is 0 Å². The number of hydrogen-bond donors (Lipinski definition) is 1. The van der Waals surface area contributed by atoms with E-state index in [9.17, 15) is 5.11 Å². The van der Waals surface area contributed by atoms with Crippen molar-refractivity contribution >= 4 is 0 Å². The minimum atomic E-state index is -0.175. The highest BCUT2D eigenvalue weighted by Crippen LogP contribution is 2.08. The third-order valence-electron chi connectivity index (χ3n) is 1.88. The summed E-state index contributed by atoms with van der Waals surface area (Å²) in [5, 5.41) is 9.31. The predicted molar refractivity (Wildman–Crippen MR) is 54.1 cm³/mol. The number of rotatable bonds is 8. The molecule has 0 bridgehead atoms. The largest absolute Gasteiger partial charge is 0.393 e. The summed E-state index contributed by atoms with van der Waals surface area (Å²) in [5.74, 6) is 0. The van der Waals surface area contributed by atoms with Crippen LogP contribution in [0.25, 0.3) is 0 Å². The van der Waals surface area contributed by atoms with Gasteiger partial charge in [-0.3, -0.25) is 0 Å². The van der Waals surface area contributed by atoms with Crippen LogP contribution in [0.15, 0.2) is 25.3 Å². The van der Waals surface area contributed by atoms with Gasteiger partial charge in [-0.25, -0.2) is 0 Å². The first-order chi connectivity index (χ1) is 5.81. The second kappa shape index (κ2) is 8.54. The highest BCUT2D eigenvalue weighted by Gasteiger charge is 1.99. The molecule has 1 nitrogen and oxygen atoms in total. The minimum Gasteiger partial charge on any atom is -0.393 e. The molecule has 70 valence electrons. The standard InChI is InChI=1S/C11H20O/c1-3-5-6-7-8-10-11(12)9-4-2/h3-4,11-12H,1-2,5-10H2. The van der Waals surface area contributed by atoms with Gasteiger partial charge in [-0.15, -0.1) is 13.2 Å². The van der Waals surface area contributed by atoms with E-state index in [2.05, 4.69) is 13.2 Å². The zero-order valence-electron chi connectivity index (χ0n) is 7.84. The van der Waals surface area contributed by atoms with Gasteiger partial charge in [0.25, 0.3) is 0 Å². The van der Waals surface area contributed by atoms with Crippen molar-refractivity contribution in [3.8, 4) is 0 Å². The molecule has 0 aromatic carbocycles. The van der Waals surface area contributed by atoms with Gasteiger partial charge in [-0.1, -0.05) is 25.0 Å². The van der Waals surface area contributed by atoms with Crippen LogP contribution in [0, 0.1) is 0 Å². The van der Waals surface area contributed by atoms with Crippen molar-refractivity contribution in [1.29, 1.82) is 0 Å². The Kier molecular flexibility index (Phi) is 8.14. The number of aliphatic hydroxyl groups is 1. The zero-order chi connectivity index (χ0) is 9.23. The summed E-state index contributed by atoms with van der Waals surface area (Å²) in [6, 6.07) is 0. The van der Waals surface area contributed by atoms with Gasteiger partial charge in [-0.05, 0) is 25.7 Å². The van der Waals surface area contributed by atoms with Crippen LogP contribution in [-0.4, -0.2) is 11.2 Å². The molecule has 0 radical (unpaired) electrons. The van der Waals surface area contributed by atoms with E-state index in [1.807, 2.05) is 6.08 Å². The van der Waals surface area contributed by atoms with Gasteiger partial charge >= 0.3 is 0 Å². The molecule has 0 aromatic rings. The van der Waals surface area contributed by atoms with Gasteiger partial charge in [0.1, 0.15) is 0 Å². The van der Waals surface area contributed by atoms with Gasteiger partial charge in [0, 0.05) is 0 Å². The summed E-state index contributed by atoms with van der Waals surface area (Å²) >= 11 is 0. The maximum atomic E-state index is 9.31. The normalized spacial score (nSPS) is 12.4. The Morgan fingerprint density at radius 2 is 1.83 bits per heavy atom. The van der Waals surface area contributed by atoms with Crippen LogP contribution in [0.3, 0.4) is 0 Å². The molecule has 0 rings (SSSR count). The topological polar surface area (TPSA) is 20.2 Å². The molecule has 0 saturated heterocycles. The summed E-state index contributed by atoms with van der Waals surface area (Å²) in [7, 11) is 0. The SMILES string of the molecule is C=CCCCCCC(O)CC=C. The van der Waals surface area contributed by atoms with Crippen molar-refractivity contribution < 1.29 is 5.11 Å². The number of unbranched alkanes of at least 4 members (excludes halogenated alkanes) is 3. The molecule has 1 N–H and O–H groups in total. The third kappa shape index (κ3) is 7.55. The average Bonchev–Trinajstić information content (AvgIpc) is 2.05. The van der Waals surface area contributed by atoms with E-state index in [1.165, 1.54) is 12.8 Å². The van der Waals surface area contributed by atoms with Gasteiger partial charge in [0.15, 0.2) is 0 Å². The van der Waals surface area contributed by atoms with Crippen LogP contribution in [-0.2, 0) is 0 Å². The zero-order valence-corrected chi connectivity index (χ0v) is 7.84. The van der Waals surface area contributed by atoms with Crippen molar-refractivity contribution in [1.82, 2.24) is 0 Å². The van der Waals surface area contributed by atoms with Crippen molar-refractivity contribution in [2.75, 3.05) is 0 Å².